The second kappa shape index (κ2) is 7.91. The summed E-state index contributed by atoms with van der Waals surface area (Å²) in [6.45, 7) is 9.17. The molecule has 2 heterocycles. The van der Waals surface area contributed by atoms with Crippen LogP contribution in [0, 0.1) is 0 Å². The van der Waals surface area contributed by atoms with E-state index in [2.05, 4.69) is 36.0 Å². The van der Waals surface area contributed by atoms with Crippen molar-refractivity contribution < 1.29 is 5.11 Å². The molecule has 0 aliphatic carbocycles. The summed E-state index contributed by atoms with van der Waals surface area (Å²) in [6, 6.07) is 1.63. The second-order valence-electron chi connectivity index (χ2n) is 7.35. The molecule has 0 radical (unpaired) electrons. The van der Waals surface area contributed by atoms with Crippen molar-refractivity contribution in [2.75, 3.05) is 39.8 Å². The van der Waals surface area contributed by atoms with Crippen LogP contribution in [0.25, 0.3) is 0 Å². The topological polar surface area (TPSA) is 38.7 Å². The van der Waals surface area contributed by atoms with Gasteiger partial charge in [0.05, 0.1) is 6.61 Å². The van der Waals surface area contributed by atoms with Gasteiger partial charge < -0.3 is 15.3 Å². The standard InChI is InChI=1S/C17H35N3O/c1-4-18-17(2,14-21)10-5-6-11-20-12-9-15-7-8-16(13-20)19(15)3/h15-16,18,21H,4-14H2,1-3H3. The van der Waals surface area contributed by atoms with Crippen LogP contribution in [-0.2, 0) is 0 Å². The van der Waals surface area contributed by atoms with E-state index in [4.69, 9.17) is 0 Å². The van der Waals surface area contributed by atoms with Gasteiger partial charge >= 0.3 is 0 Å². The number of nitrogens with zero attached hydrogens (tertiary/aromatic N) is 2. The Balaban J connectivity index is 1.67. The quantitative estimate of drug-likeness (QED) is 0.669. The van der Waals surface area contributed by atoms with E-state index >= 15 is 0 Å². The smallest absolute Gasteiger partial charge is 0.0610 e. The fourth-order valence-corrected chi connectivity index (χ4v) is 4.08. The van der Waals surface area contributed by atoms with Gasteiger partial charge in [-0.15, -0.1) is 0 Å². The van der Waals surface area contributed by atoms with Crippen LogP contribution in [0.2, 0.25) is 0 Å². The fraction of sp³-hybridized carbons (Fsp3) is 1.00. The van der Waals surface area contributed by atoms with Crippen molar-refractivity contribution in [3.05, 3.63) is 0 Å². The Hall–Kier alpha value is -0.160. The number of aliphatic hydroxyl groups excluding tert-OH is 1. The van der Waals surface area contributed by atoms with Crippen LogP contribution >= 0.6 is 0 Å². The molecule has 2 N–H and O–H groups in total. The van der Waals surface area contributed by atoms with E-state index in [1.54, 1.807) is 0 Å². The predicted octanol–water partition coefficient (Wildman–Crippen LogP) is 1.69. The molecule has 124 valence electrons. The maximum Gasteiger partial charge on any atom is 0.0610 e. The molecule has 2 aliphatic rings. The van der Waals surface area contributed by atoms with Crippen LogP contribution in [0.15, 0.2) is 0 Å². The van der Waals surface area contributed by atoms with Crippen molar-refractivity contribution in [3.8, 4) is 0 Å². The van der Waals surface area contributed by atoms with Gasteiger partial charge in [0, 0.05) is 24.2 Å². The molecule has 0 saturated carbocycles. The zero-order valence-corrected chi connectivity index (χ0v) is 14.3. The summed E-state index contributed by atoms with van der Waals surface area (Å²) in [6.07, 6.45) is 7.66. The van der Waals surface area contributed by atoms with E-state index in [1.807, 2.05) is 0 Å². The van der Waals surface area contributed by atoms with Gasteiger partial charge in [-0.25, -0.2) is 0 Å². The van der Waals surface area contributed by atoms with Gasteiger partial charge in [-0.05, 0) is 65.7 Å². The maximum absolute atomic E-state index is 9.52. The molecule has 0 aromatic rings. The summed E-state index contributed by atoms with van der Waals surface area (Å²) in [5, 5.41) is 12.9. The highest BCUT2D eigenvalue weighted by Gasteiger charge is 2.34. The molecule has 4 nitrogen and oxygen atoms in total. The van der Waals surface area contributed by atoms with Crippen molar-refractivity contribution in [3.63, 3.8) is 0 Å². The Morgan fingerprint density at radius 2 is 1.95 bits per heavy atom. The zero-order chi connectivity index (χ0) is 15.3. The molecule has 2 fully saturated rings. The molecule has 0 aromatic carbocycles. The molecule has 4 heteroatoms. The van der Waals surface area contributed by atoms with Gasteiger partial charge in [-0.3, -0.25) is 4.90 Å². The summed E-state index contributed by atoms with van der Waals surface area (Å²) in [4.78, 5) is 5.29. The van der Waals surface area contributed by atoms with E-state index in [1.165, 1.54) is 51.7 Å². The number of aliphatic hydroxyl groups is 1. The molecule has 2 aliphatic heterocycles. The molecule has 2 bridgehead atoms. The number of unbranched alkanes of at least 4 members (excludes halogenated alkanes) is 1. The van der Waals surface area contributed by atoms with Gasteiger partial charge in [-0.1, -0.05) is 13.3 Å². The van der Waals surface area contributed by atoms with Crippen LogP contribution < -0.4 is 5.32 Å². The van der Waals surface area contributed by atoms with E-state index in [0.29, 0.717) is 0 Å². The lowest BCUT2D eigenvalue weighted by atomic mass is 9.95. The number of hydrogen-bond acceptors (Lipinski definition) is 4. The number of fused-ring (bicyclic) bond motifs is 2. The third-order valence-electron chi connectivity index (χ3n) is 5.64. The number of hydrogen-bond donors (Lipinski definition) is 2. The summed E-state index contributed by atoms with van der Waals surface area (Å²) < 4.78 is 0. The molecule has 0 spiro atoms. The molecular formula is C17H35N3O. The number of nitrogens with one attached hydrogen (secondary N) is 1. The molecule has 3 atom stereocenters. The highest BCUT2D eigenvalue weighted by Crippen LogP contribution is 2.28. The Bertz CT molecular complexity index is 312. The fourth-order valence-electron chi connectivity index (χ4n) is 4.08. The first-order valence-electron chi connectivity index (χ1n) is 8.88. The van der Waals surface area contributed by atoms with E-state index < -0.39 is 0 Å². The van der Waals surface area contributed by atoms with E-state index in [9.17, 15) is 5.11 Å². The number of likely N-dealkylation sites (tertiary alicyclic amines) is 1. The second-order valence-corrected chi connectivity index (χ2v) is 7.35. The molecule has 0 aromatic heterocycles. The van der Waals surface area contributed by atoms with Crippen LogP contribution in [0.3, 0.4) is 0 Å². The Morgan fingerprint density at radius 3 is 2.67 bits per heavy atom. The molecule has 2 saturated heterocycles. The number of rotatable bonds is 8. The van der Waals surface area contributed by atoms with E-state index in [-0.39, 0.29) is 12.1 Å². The van der Waals surface area contributed by atoms with Crippen molar-refractivity contribution >= 4 is 0 Å². The first-order chi connectivity index (χ1) is 10.1. The maximum atomic E-state index is 9.52. The molecule has 21 heavy (non-hydrogen) atoms. The molecule has 2 rings (SSSR count). The highest BCUT2D eigenvalue weighted by atomic mass is 16.3. The lowest BCUT2D eigenvalue weighted by Crippen LogP contribution is -2.45. The molecular weight excluding hydrogens is 262 g/mol. The van der Waals surface area contributed by atoms with Crippen LogP contribution in [0.4, 0.5) is 0 Å². The minimum Gasteiger partial charge on any atom is -0.394 e. The minimum atomic E-state index is -0.0905. The average molecular weight is 297 g/mol. The Kier molecular flexibility index (Phi) is 6.48. The first kappa shape index (κ1) is 17.2. The third-order valence-corrected chi connectivity index (χ3v) is 5.64. The van der Waals surface area contributed by atoms with Gasteiger partial charge in [0.15, 0.2) is 0 Å². The summed E-state index contributed by atoms with van der Waals surface area (Å²) >= 11 is 0. The monoisotopic (exact) mass is 297 g/mol. The zero-order valence-electron chi connectivity index (χ0n) is 14.3. The van der Waals surface area contributed by atoms with Crippen molar-refractivity contribution in [2.45, 2.75) is 70.0 Å². The predicted molar refractivity (Wildman–Crippen MR) is 88.6 cm³/mol. The average Bonchev–Trinajstić information content (AvgIpc) is 2.71. The van der Waals surface area contributed by atoms with Crippen LogP contribution in [0.5, 0.6) is 0 Å². The third kappa shape index (κ3) is 4.65. The van der Waals surface area contributed by atoms with Crippen molar-refractivity contribution in [1.82, 2.24) is 15.1 Å². The van der Waals surface area contributed by atoms with E-state index in [0.717, 1.165) is 25.0 Å². The van der Waals surface area contributed by atoms with Gasteiger partial charge in [0.1, 0.15) is 0 Å². The Morgan fingerprint density at radius 1 is 1.19 bits per heavy atom. The number of likely N-dealkylation sites (N-methyl/N-ethyl adjacent to an activating group) is 2. The summed E-state index contributed by atoms with van der Waals surface area (Å²) in [5.41, 5.74) is -0.0905. The van der Waals surface area contributed by atoms with Gasteiger partial charge in [0.25, 0.3) is 0 Å². The van der Waals surface area contributed by atoms with Gasteiger partial charge in [-0.2, -0.15) is 0 Å². The normalized spacial score (nSPS) is 30.3. The Labute approximate surface area is 130 Å². The molecule has 3 unspecified atom stereocenters. The lowest BCUT2D eigenvalue weighted by Gasteiger charge is -2.29. The minimum absolute atomic E-state index is 0.0905. The summed E-state index contributed by atoms with van der Waals surface area (Å²) in [5.74, 6) is 0. The summed E-state index contributed by atoms with van der Waals surface area (Å²) in [7, 11) is 2.31. The first-order valence-corrected chi connectivity index (χ1v) is 8.88. The largest absolute Gasteiger partial charge is 0.394 e. The highest BCUT2D eigenvalue weighted by molar-refractivity contribution is 4.91. The van der Waals surface area contributed by atoms with Crippen molar-refractivity contribution in [1.29, 1.82) is 0 Å². The SMILES string of the molecule is CCNC(C)(CO)CCCCN1CCC2CCC(C1)N2C. The van der Waals surface area contributed by atoms with Gasteiger partial charge in [0.2, 0.25) is 0 Å². The van der Waals surface area contributed by atoms with Crippen LogP contribution in [-0.4, -0.2) is 72.4 Å². The lowest BCUT2D eigenvalue weighted by molar-refractivity contribution is 0.161. The van der Waals surface area contributed by atoms with Crippen LogP contribution in [0.1, 0.15) is 52.4 Å². The molecule has 0 amide bonds. The van der Waals surface area contributed by atoms with Crippen molar-refractivity contribution in [2.24, 2.45) is 0 Å².